The lowest BCUT2D eigenvalue weighted by molar-refractivity contribution is 0.322. The van der Waals surface area contributed by atoms with Crippen molar-refractivity contribution in [3.8, 4) is 5.75 Å². The Hall–Kier alpha value is -2.22. The highest BCUT2D eigenvalue weighted by molar-refractivity contribution is 14.0. The zero-order valence-corrected chi connectivity index (χ0v) is 16.5. The number of aromatic amines is 1. The molecule has 132 valence electrons. The van der Waals surface area contributed by atoms with E-state index in [1.165, 1.54) is 5.39 Å². The van der Waals surface area contributed by atoms with Crippen molar-refractivity contribution in [1.82, 2.24) is 15.6 Å². The molecule has 3 rings (SSSR count). The molecule has 5 nitrogen and oxygen atoms in total. The monoisotopic (exact) mass is 450 g/mol. The summed E-state index contributed by atoms with van der Waals surface area (Å²) < 4.78 is 5.65. The minimum atomic E-state index is 0. The molecule has 0 radical (unpaired) electrons. The van der Waals surface area contributed by atoms with Crippen LogP contribution < -0.4 is 15.4 Å². The van der Waals surface area contributed by atoms with E-state index in [0.717, 1.165) is 22.9 Å². The molecule has 1 heterocycles. The van der Waals surface area contributed by atoms with Gasteiger partial charge in [-0.25, -0.2) is 0 Å². The number of hydrogen-bond donors (Lipinski definition) is 3. The second-order valence-corrected chi connectivity index (χ2v) is 5.40. The number of nitrogens with zero attached hydrogens (tertiary/aromatic N) is 1. The van der Waals surface area contributed by atoms with E-state index >= 15 is 0 Å². The van der Waals surface area contributed by atoms with Gasteiger partial charge in [-0.15, -0.1) is 24.0 Å². The molecule has 0 saturated carbocycles. The SMILES string of the molecule is CN=C(NCCOc1ccccc1)NCc1cc2ccccc2[nH]1.I. The number of halogens is 1. The van der Waals surface area contributed by atoms with Gasteiger partial charge in [-0.1, -0.05) is 36.4 Å². The average Bonchev–Trinajstić information content (AvgIpc) is 3.05. The highest BCUT2D eigenvalue weighted by atomic mass is 127. The number of rotatable bonds is 6. The lowest BCUT2D eigenvalue weighted by Gasteiger charge is -2.12. The zero-order chi connectivity index (χ0) is 16.6. The highest BCUT2D eigenvalue weighted by Gasteiger charge is 2.02. The molecule has 0 bridgehead atoms. The van der Waals surface area contributed by atoms with Gasteiger partial charge in [0.05, 0.1) is 13.1 Å². The van der Waals surface area contributed by atoms with Gasteiger partial charge in [0.25, 0.3) is 0 Å². The molecule has 0 spiro atoms. The number of nitrogens with one attached hydrogen (secondary N) is 3. The summed E-state index contributed by atoms with van der Waals surface area (Å²) in [6.45, 7) is 1.95. The van der Waals surface area contributed by atoms with Crippen LogP contribution in [0.3, 0.4) is 0 Å². The van der Waals surface area contributed by atoms with Crippen molar-refractivity contribution in [2.75, 3.05) is 20.2 Å². The van der Waals surface area contributed by atoms with Crippen molar-refractivity contribution < 1.29 is 4.74 Å². The first-order valence-corrected chi connectivity index (χ1v) is 8.04. The summed E-state index contributed by atoms with van der Waals surface area (Å²) in [6.07, 6.45) is 0. The standard InChI is InChI=1S/C19H22N4O.HI/c1-20-19(21-11-12-24-17-8-3-2-4-9-17)22-14-16-13-15-7-5-6-10-18(15)23-16;/h2-10,13,23H,11-12,14H2,1H3,(H2,20,21,22);1H. The van der Waals surface area contributed by atoms with Gasteiger partial charge >= 0.3 is 0 Å². The van der Waals surface area contributed by atoms with Crippen LogP contribution in [-0.4, -0.2) is 31.1 Å². The molecular formula is C19H23IN4O. The van der Waals surface area contributed by atoms with Crippen LogP contribution in [0.15, 0.2) is 65.7 Å². The van der Waals surface area contributed by atoms with Crippen LogP contribution in [-0.2, 0) is 6.54 Å². The molecule has 0 unspecified atom stereocenters. The Morgan fingerprint density at radius 2 is 1.80 bits per heavy atom. The number of benzene rings is 2. The van der Waals surface area contributed by atoms with Crippen molar-refractivity contribution in [3.63, 3.8) is 0 Å². The third kappa shape index (κ3) is 5.67. The van der Waals surface area contributed by atoms with Crippen molar-refractivity contribution in [1.29, 1.82) is 0 Å². The summed E-state index contributed by atoms with van der Waals surface area (Å²) in [5.74, 6) is 1.63. The van der Waals surface area contributed by atoms with E-state index in [-0.39, 0.29) is 24.0 Å². The third-order valence-electron chi connectivity index (χ3n) is 3.66. The van der Waals surface area contributed by atoms with Gasteiger partial charge in [-0.2, -0.15) is 0 Å². The summed E-state index contributed by atoms with van der Waals surface area (Å²) in [7, 11) is 1.76. The predicted molar refractivity (Wildman–Crippen MR) is 114 cm³/mol. The normalized spacial score (nSPS) is 11.0. The number of aromatic nitrogens is 1. The van der Waals surface area contributed by atoms with Crippen LogP contribution in [0.25, 0.3) is 10.9 Å². The fourth-order valence-corrected chi connectivity index (χ4v) is 2.48. The smallest absolute Gasteiger partial charge is 0.191 e. The van der Waals surface area contributed by atoms with Gasteiger partial charge in [-0.3, -0.25) is 4.99 Å². The molecule has 0 amide bonds. The van der Waals surface area contributed by atoms with Gasteiger partial charge < -0.3 is 20.4 Å². The van der Waals surface area contributed by atoms with Crippen LogP contribution in [0.2, 0.25) is 0 Å². The Morgan fingerprint density at radius 1 is 1.04 bits per heavy atom. The fraction of sp³-hybridized carbons (Fsp3) is 0.211. The molecule has 1 aromatic heterocycles. The summed E-state index contributed by atoms with van der Waals surface area (Å²) in [4.78, 5) is 7.62. The minimum absolute atomic E-state index is 0. The topological polar surface area (TPSA) is 61.4 Å². The maximum atomic E-state index is 5.65. The van der Waals surface area contributed by atoms with Crippen molar-refractivity contribution >= 4 is 40.8 Å². The molecule has 0 fully saturated rings. The van der Waals surface area contributed by atoms with E-state index in [4.69, 9.17) is 4.74 Å². The lowest BCUT2D eigenvalue weighted by Crippen LogP contribution is -2.38. The molecule has 0 atom stereocenters. The number of ether oxygens (including phenoxy) is 1. The summed E-state index contributed by atoms with van der Waals surface area (Å²) in [6, 6.07) is 20.2. The molecular weight excluding hydrogens is 427 g/mol. The Balaban J connectivity index is 0.00000225. The number of guanidine groups is 1. The van der Waals surface area contributed by atoms with E-state index in [1.54, 1.807) is 7.05 Å². The van der Waals surface area contributed by atoms with Gasteiger partial charge in [0, 0.05) is 18.3 Å². The number of aliphatic imine (C=N–C) groups is 1. The van der Waals surface area contributed by atoms with E-state index in [2.05, 4.69) is 38.8 Å². The molecule has 25 heavy (non-hydrogen) atoms. The van der Waals surface area contributed by atoms with Crippen LogP contribution in [0.5, 0.6) is 5.75 Å². The predicted octanol–water partition coefficient (Wildman–Crippen LogP) is 3.53. The third-order valence-corrected chi connectivity index (χ3v) is 3.66. The number of H-pyrrole nitrogens is 1. The molecule has 3 N–H and O–H groups in total. The van der Waals surface area contributed by atoms with Crippen molar-refractivity contribution in [3.05, 3.63) is 66.4 Å². The molecule has 3 aromatic rings. The summed E-state index contributed by atoms with van der Waals surface area (Å²) >= 11 is 0. The van der Waals surface area contributed by atoms with Gasteiger partial charge in [-0.05, 0) is 29.7 Å². The van der Waals surface area contributed by atoms with E-state index in [0.29, 0.717) is 19.7 Å². The van der Waals surface area contributed by atoms with Crippen molar-refractivity contribution in [2.24, 2.45) is 4.99 Å². The van der Waals surface area contributed by atoms with E-state index in [9.17, 15) is 0 Å². The Morgan fingerprint density at radius 3 is 2.56 bits per heavy atom. The first-order valence-electron chi connectivity index (χ1n) is 8.04. The minimum Gasteiger partial charge on any atom is -0.492 e. The lowest BCUT2D eigenvalue weighted by atomic mass is 10.2. The number of para-hydroxylation sites is 2. The summed E-state index contributed by atoms with van der Waals surface area (Å²) in [5, 5.41) is 7.76. The number of hydrogen-bond acceptors (Lipinski definition) is 2. The second kappa shape index (κ2) is 9.93. The van der Waals surface area contributed by atoms with Crippen LogP contribution in [0.1, 0.15) is 5.69 Å². The van der Waals surface area contributed by atoms with Crippen LogP contribution >= 0.6 is 24.0 Å². The fourth-order valence-electron chi connectivity index (χ4n) is 2.48. The van der Waals surface area contributed by atoms with Crippen molar-refractivity contribution in [2.45, 2.75) is 6.54 Å². The van der Waals surface area contributed by atoms with E-state index in [1.807, 2.05) is 42.5 Å². The molecule has 0 aliphatic heterocycles. The quantitative estimate of drug-likeness (QED) is 0.233. The van der Waals surface area contributed by atoms with Gasteiger partial charge in [0.2, 0.25) is 0 Å². The van der Waals surface area contributed by atoms with E-state index < -0.39 is 0 Å². The van der Waals surface area contributed by atoms with Gasteiger partial charge in [0.15, 0.2) is 5.96 Å². The first kappa shape index (κ1) is 19.1. The molecule has 2 aromatic carbocycles. The molecule has 0 aliphatic rings. The molecule has 0 saturated heterocycles. The number of fused-ring (bicyclic) bond motifs is 1. The Labute approximate surface area is 164 Å². The van der Waals surface area contributed by atoms with Gasteiger partial charge in [0.1, 0.15) is 12.4 Å². The summed E-state index contributed by atoms with van der Waals surface area (Å²) in [5.41, 5.74) is 2.27. The maximum Gasteiger partial charge on any atom is 0.191 e. The Kier molecular flexibility index (Phi) is 7.59. The molecule has 0 aliphatic carbocycles. The largest absolute Gasteiger partial charge is 0.492 e. The zero-order valence-electron chi connectivity index (χ0n) is 14.2. The first-order chi connectivity index (χ1) is 11.8. The second-order valence-electron chi connectivity index (χ2n) is 5.40. The Bertz CT molecular complexity index is 768. The molecule has 6 heteroatoms. The van der Waals surface area contributed by atoms with Crippen LogP contribution in [0.4, 0.5) is 0 Å². The maximum absolute atomic E-state index is 5.65. The average molecular weight is 450 g/mol. The highest BCUT2D eigenvalue weighted by Crippen LogP contribution is 2.14. The van der Waals surface area contributed by atoms with Crippen LogP contribution in [0, 0.1) is 0 Å².